The van der Waals surface area contributed by atoms with Crippen molar-refractivity contribution in [1.29, 1.82) is 0 Å². The zero-order chi connectivity index (χ0) is 12.7. The summed E-state index contributed by atoms with van der Waals surface area (Å²) >= 11 is 0. The van der Waals surface area contributed by atoms with Crippen molar-refractivity contribution in [3.63, 3.8) is 0 Å². The molecular weight excluding hydrogens is 220 g/mol. The van der Waals surface area contributed by atoms with E-state index in [-0.39, 0.29) is 0 Å². The molecule has 0 spiro atoms. The van der Waals surface area contributed by atoms with Crippen molar-refractivity contribution in [2.24, 2.45) is 4.99 Å². The maximum Gasteiger partial charge on any atom is 0.0670 e. The van der Waals surface area contributed by atoms with Gasteiger partial charge in [0.2, 0.25) is 0 Å². The lowest BCUT2D eigenvalue weighted by Gasteiger charge is -2.22. The van der Waals surface area contributed by atoms with Gasteiger partial charge in [0.05, 0.1) is 5.71 Å². The standard InChI is InChI=1S/C16H16N2/c1-17-13-9-7-11-5-4-6-12-8-10-14(18(2)3)16(13)15(11)12/h4-10H,1-3H3. The maximum atomic E-state index is 4.42. The highest BCUT2D eigenvalue weighted by molar-refractivity contribution is 6.25. The van der Waals surface area contributed by atoms with Crippen molar-refractivity contribution in [3.8, 4) is 0 Å². The molecule has 90 valence electrons. The Kier molecular flexibility index (Phi) is 2.44. The van der Waals surface area contributed by atoms with Crippen molar-refractivity contribution in [2.45, 2.75) is 0 Å². The van der Waals surface area contributed by atoms with Crippen LogP contribution in [0.25, 0.3) is 16.8 Å². The molecule has 0 heterocycles. The molecule has 1 aliphatic carbocycles. The van der Waals surface area contributed by atoms with Gasteiger partial charge in [-0.1, -0.05) is 30.3 Å². The Bertz CT molecular complexity index is 679. The van der Waals surface area contributed by atoms with Gasteiger partial charge < -0.3 is 4.90 Å². The molecule has 0 N–H and O–H groups in total. The topological polar surface area (TPSA) is 15.6 Å². The van der Waals surface area contributed by atoms with Gasteiger partial charge in [0.1, 0.15) is 0 Å². The third-order valence-corrected chi connectivity index (χ3v) is 3.46. The van der Waals surface area contributed by atoms with Gasteiger partial charge in [-0.05, 0) is 23.1 Å². The van der Waals surface area contributed by atoms with E-state index in [0.717, 1.165) is 5.71 Å². The summed E-state index contributed by atoms with van der Waals surface area (Å²) in [6.07, 6.45) is 4.25. The Hall–Kier alpha value is -2.09. The van der Waals surface area contributed by atoms with Gasteiger partial charge in [-0.3, -0.25) is 4.99 Å². The number of aliphatic imine (C=N–C) groups is 1. The number of hydrogen-bond donors (Lipinski definition) is 0. The molecule has 1 aliphatic rings. The number of rotatable bonds is 1. The summed E-state index contributed by atoms with van der Waals surface area (Å²) < 4.78 is 0. The van der Waals surface area contributed by atoms with E-state index < -0.39 is 0 Å². The summed E-state index contributed by atoms with van der Waals surface area (Å²) in [5.41, 5.74) is 4.81. The van der Waals surface area contributed by atoms with Crippen molar-refractivity contribution < 1.29 is 0 Å². The third-order valence-electron chi connectivity index (χ3n) is 3.46. The van der Waals surface area contributed by atoms with E-state index in [2.05, 4.69) is 66.5 Å². The monoisotopic (exact) mass is 236 g/mol. The fourth-order valence-corrected chi connectivity index (χ4v) is 2.61. The molecule has 18 heavy (non-hydrogen) atoms. The second-order valence-electron chi connectivity index (χ2n) is 4.74. The van der Waals surface area contributed by atoms with Crippen LogP contribution in [-0.2, 0) is 0 Å². The maximum absolute atomic E-state index is 4.42. The van der Waals surface area contributed by atoms with E-state index in [4.69, 9.17) is 0 Å². The van der Waals surface area contributed by atoms with Crippen LogP contribution in [0, 0.1) is 0 Å². The summed E-state index contributed by atoms with van der Waals surface area (Å²) in [4.78, 5) is 6.57. The fourth-order valence-electron chi connectivity index (χ4n) is 2.61. The minimum Gasteiger partial charge on any atom is -0.377 e. The number of hydrogen-bond acceptors (Lipinski definition) is 2. The molecule has 0 aliphatic heterocycles. The second-order valence-corrected chi connectivity index (χ2v) is 4.74. The zero-order valence-electron chi connectivity index (χ0n) is 10.9. The Morgan fingerprint density at radius 1 is 1.00 bits per heavy atom. The molecule has 0 radical (unpaired) electrons. The van der Waals surface area contributed by atoms with Gasteiger partial charge in [0, 0.05) is 37.8 Å². The van der Waals surface area contributed by atoms with Crippen LogP contribution >= 0.6 is 0 Å². The summed E-state index contributed by atoms with van der Waals surface area (Å²) in [5.74, 6) is 0. The third kappa shape index (κ3) is 1.46. The Balaban J connectivity index is 2.49. The lowest BCUT2D eigenvalue weighted by molar-refractivity contribution is 1.13. The molecule has 0 saturated carbocycles. The van der Waals surface area contributed by atoms with Crippen LogP contribution in [0.2, 0.25) is 0 Å². The number of allylic oxidation sites excluding steroid dienone is 1. The van der Waals surface area contributed by atoms with E-state index in [0.29, 0.717) is 0 Å². The van der Waals surface area contributed by atoms with Crippen molar-refractivity contribution in [3.05, 3.63) is 47.5 Å². The first-order valence-electron chi connectivity index (χ1n) is 6.10. The Morgan fingerprint density at radius 3 is 2.56 bits per heavy atom. The van der Waals surface area contributed by atoms with Gasteiger partial charge in [0.25, 0.3) is 0 Å². The number of anilines is 1. The number of nitrogens with zero attached hydrogens (tertiary/aromatic N) is 2. The average molecular weight is 236 g/mol. The van der Waals surface area contributed by atoms with E-state index in [9.17, 15) is 0 Å². The Morgan fingerprint density at radius 2 is 1.83 bits per heavy atom. The van der Waals surface area contributed by atoms with Crippen molar-refractivity contribution in [1.82, 2.24) is 0 Å². The molecule has 3 rings (SSSR count). The van der Waals surface area contributed by atoms with Gasteiger partial charge in [-0.15, -0.1) is 0 Å². The minimum absolute atomic E-state index is 1.06. The molecule has 0 bridgehead atoms. The van der Waals surface area contributed by atoms with Crippen LogP contribution in [0.15, 0.2) is 41.4 Å². The molecule has 0 amide bonds. The van der Waals surface area contributed by atoms with E-state index in [1.165, 1.54) is 27.6 Å². The smallest absolute Gasteiger partial charge is 0.0670 e. The highest BCUT2D eigenvalue weighted by Gasteiger charge is 2.17. The highest BCUT2D eigenvalue weighted by atomic mass is 15.1. The second kappa shape index (κ2) is 3.98. The first kappa shape index (κ1) is 11.0. The quantitative estimate of drug-likeness (QED) is 0.741. The Labute approximate surface area is 107 Å². The van der Waals surface area contributed by atoms with E-state index >= 15 is 0 Å². The first-order chi connectivity index (χ1) is 8.72. The molecule has 0 fully saturated rings. The fraction of sp³-hybridized carbons (Fsp3) is 0.188. The van der Waals surface area contributed by atoms with Gasteiger partial charge in [-0.2, -0.15) is 0 Å². The summed E-state index contributed by atoms with van der Waals surface area (Å²) in [6, 6.07) is 10.8. The molecule has 2 heteroatoms. The van der Waals surface area contributed by atoms with E-state index in [1.54, 1.807) is 0 Å². The largest absolute Gasteiger partial charge is 0.377 e. The average Bonchev–Trinajstić information content (AvgIpc) is 2.39. The molecule has 0 saturated heterocycles. The minimum atomic E-state index is 1.06. The molecule has 0 atom stereocenters. The van der Waals surface area contributed by atoms with Gasteiger partial charge in [0.15, 0.2) is 0 Å². The summed E-state index contributed by atoms with van der Waals surface area (Å²) in [7, 11) is 6.00. The van der Waals surface area contributed by atoms with Crippen molar-refractivity contribution in [2.75, 3.05) is 26.0 Å². The van der Waals surface area contributed by atoms with Crippen molar-refractivity contribution >= 4 is 28.2 Å². The molecule has 2 aromatic rings. The molecule has 2 aromatic carbocycles. The first-order valence-corrected chi connectivity index (χ1v) is 6.10. The predicted octanol–water partition coefficient (Wildman–Crippen LogP) is 3.35. The van der Waals surface area contributed by atoms with Crippen LogP contribution in [0.3, 0.4) is 0 Å². The molecular formula is C16H16N2. The molecule has 0 aromatic heterocycles. The van der Waals surface area contributed by atoms with Gasteiger partial charge in [-0.25, -0.2) is 0 Å². The van der Waals surface area contributed by atoms with Crippen LogP contribution in [0.1, 0.15) is 11.1 Å². The lowest BCUT2D eigenvalue weighted by atomic mass is 9.90. The lowest BCUT2D eigenvalue weighted by Crippen LogP contribution is -2.15. The zero-order valence-corrected chi connectivity index (χ0v) is 10.9. The molecule has 0 unspecified atom stereocenters. The van der Waals surface area contributed by atoms with Crippen LogP contribution in [0.5, 0.6) is 0 Å². The van der Waals surface area contributed by atoms with Crippen LogP contribution < -0.4 is 4.90 Å². The van der Waals surface area contributed by atoms with E-state index in [1.807, 2.05) is 7.05 Å². The summed E-state index contributed by atoms with van der Waals surface area (Å²) in [6.45, 7) is 0. The highest BCUT2D eigenvalue weighted by Crippen LogP contribution is 2.34. The van der Waals surface area contributed by atoms with Crippen LogP contribution in [0.4, 0.5) is 5.69 Å². The molecule has 2 nitrogen and oxygen atoms in total. The SMILES string of the molecule is CN=C1C=Cc2cccc3ccc(N(C)C)c1c23. The normalized spacial score (nSPS) is 15.4. The van der Waals surface area contributed by atoms with Crippen LogP contribution in [-0.4, -0.2) is 26.9 Å². The predicted molar refractivity (Wildman–Crippen MR) is 79.8 cm³/mol. The van der Waals surface area contributed by atoms with Gasteiger partial charge >= 0.3 is 0 Å². The number of benzene rings is 2. The summed E-state index contributed by atoms with van der Waals surface area (Å²) in [5, 5.41) is 2.59.